The van der Waals surface area contributed by atoms with Gasteiger partial charge in [0.05, 0.1) is 18.6 Å². The van der Waals surface area contributed by atoms with Crippen LogP contribution < -0.4 is 5.32 Å². The van der Waals surface area contributed by atoms with Gasteiger partial charge in [0.1, 0.15) is 12.9 Å². The largest absolute Gasteiger partial charge is 0.472 e. The maximum absolute atomic E-state index is 11.8. The lowest BCUT2D eigenvalue weighted by molar-refractivity contribution is -0.104. The third-order valence-corrected chi connectivity index (χ3v) is 3.36. The van der Waals surface area contributed by atoms with E-state index in [-0.39, 0.29) is 18.6 Å². The zero-order valence-electron chi connectivity index (χ0n) is 12.5. The number of amides is 1. The molecule has 1 amide bonds. The van der Waals surface area contributed by atoms with E-state index < -0.39 is 9.89 Å². The second kappa shape index (κ2) is 9.85. The number of furan rings is 1. The van der Waals surface area contributed by atoms with E-state index in [1.165, 1.54) is 12.3 Å². The Kier molecular flexibility index (Phi) is 8.52. The molecule has 0 fully saturated rings. The quantitative estimate of drug-likeness (QED) is 0.405. The van der Waals surface area contributed by atoms with E-state index in [2.05, 4.69) is 5.32 Å². The molecule has 1 rings (SSSR count). The Morgan fingerprint density at radius 2 is 2.17 bits per heavy atom. The number of ether oxygens (including phenoxy) is 1. The SMILES string of the molecule is C[C@@H](/C=C/C=O)CC[C@H](NC(=O)OCC(Cl)(Cl)Cl)c1ccoc1. The third-order valence-electron chi connectivity index (χ3n) is 3.03. The first kappa shape index (κ1) is 19.9. The Labute approximate surface area is 149 Å². The molecule has 0 saturated heterocycles. The molecule has 5 nitrogen and oxygen atoms in total. The van der Waals surface area contributed by atoms with Crippen LogP contribution in [0.1, 0.15) is 31.4 Å². The van der Waals surface area contributed by atoms with Crippen LogP contribution in [0.5, 0.6) is 0 Å². The van der Waals surface area contributed by atoms with Gasteiger partial charge in [0, 0.05) is 5.56 Å². The molecule has 0 aliphatic carbocycles. The molecule has 0 aromatic carbocycles. The zero-order chi connectivity index (χ0) is 17.3. The highest BCUT2D eigenvalue weighted by molar-refractivity contribution is 6.67. The molecule has 0 saturated carbocycles. The second-order valence-corrected chi connectivity index (χ2v) is 7.54. The number of nitrogens with one attached hydrogen (secondary N) is 1. The predicted molar refractivity (Wildman–Crippen MR) is 89.8 cm³/mol. The van der Waals surface area contributed by atoms with Gasteiger partial charge < -0.3 is 14.5 Å². The molecule has 8 heteroatoms. The lowest BCUT2D eigenvalue weighted by Gasteiger charge is -2.19. The number of alkyl halides is 3. The molecule has 0 spiro atoms. The van der Waals surface area contributed by atoms with Crippen LogP contribution in [0.4, 0.5) is 4.79 Å². The van der Waals surface area contributed by atoms with Crippen LogP contribution in [0.25, 0.3) is 0 Å². The minimum atomic E-state index is -1.66. The van der Waals surface area contributed by atoms with Crippen LogP contribution in [-0.4, -0.2) is 22.8 Å². The molecule has 0 aliphatic rings. The van der Waals surface area contributed by atoms with Crippen LogP contribution in [0.15, 0.2) is 35.2 Å². The molecular formula is C15H18Cl3NO4. The lowest BCUT2D eigenvalue weighted by Crippen LogP contribution is -2.31. The van der Waals surface area contributed by atoms with Crippen LogP contribution in [-0.2, 0) is 9.53 Å². The zero-order valence-corrected chi connectivity index (χ0v) is 14.8. The van der Waals surface area contributed by atoms with Crippen molar-refractivity contribution in [2.45, 2.75) is 29.6 Å². The second-order valence-electron chi connectivity index (χ2n) is 5.02. The number of aldehydes is 1. The van der Waals surface area contributed by atoms with Gasteiger partial charge >= 0.3 is 6.09 Å². The summed E-state index contributed by atoms with van der Waals surface area (Å²) in [5.41, 5.74) is 0.808. The van der Waals surface area contributed by atoms with Gasteiger partial charge in [0.2, 0.25) is 3.79 Å². The average molecular weight is 383 g/mol. The molecule has 1 aromatic heterocycles. The number of carbonyl (C=O) groups is 2. The Bertz CT molecular complexity index is 511. The summed E-state index contributed by atoms with van der Waals surface area (Å²) in [6, 6.07) is 1.45. The van der Waals surface area contributed by atoms with Crippen molar-refractivity contribution < 1.29 is 18.7 Å². The van der Waals surface area contributed by atoms with Crippen LogP contribution in [0.3, 0.4) is 0 Å². The first-order valence-corrected chi connectivity index (χ1v) is 8.09. The van der Waals surface area contributed by atoms with E-state index in [1.54, 1.807) is 18.4 Å². The monoisotopic (exact) mass is 381 g/mol. The van der Waals surface area contributed by atoms with Gasteiger partial charge in [-0.3, -0.25) is 4.79 Å². The van der Waals surface area contributed by atoms with Gasteiger partial charge in [0.15, 0.2) is 0 Å². The summed E-state index contributed by atoms with van der Waals surface area (Å²) < 4.78 is 8.26. The summed E-state index contributed by atoms with van der Waals surface area (Å²) in [6.45, 7) is 1.63. The van der Waals surface area contributed by atoms with Gasteiger partial charge in [-0.15, -0.1) is 0 Å². The number of carbonyl (C=O) groups excluding carboxylic acids is 2. The lowest BCUT2D eigenvalue weighted by atomic mass is 9.98. The van der Waals surface area contributed by atoms with Crippen molar-refractivity contribution in [1.82, 2.24) is 5.32 Å². The van der Waals surface area contributed by atoms with Gasteiger partial charge in [-0.1, -0.05) is 47.8 Å². The minimum absolute atomic E-state index is 0.189. The number of rotatable bonds is 8. The van der Waals surface area contributed by atoms with Crippen molar-refractivity contribution in [2.24, 2.45) is 5.92 Å². The number of allylic oxidation sites excluding steroid dienone is 2. The van der Waals surface area contributed by atoms with Crippen molar-refractivity contribution in [2.75, 3.05) is 6.61 Å². The molecule has 128 valence electrons. The highest BCUT2D eigenvalue weighted by atomic mass is 35.6. The minimum Gasteiger partial charge on any atom is -0.472 e. The predicted octanol–water partition coefficient (Wildman–Crippen LogP) is 4.59. The molecule has 0 aliphatic heterocycles. The van der Waals surface area contributed by atoms with E-state index in [4.69, 9.17) is 44.0 Å². The normalized spacial score (nSPS) is 14.4. The summed E-state index contributed by atoms with van der Waals surface area (Å²) in [7, 11) is 0. The summed E-state index contributed by atoms with van der Waals surface area (Å²) in [5, 5.41) is 2.71. The molecule has 0 unspecified atom stereocenters. The fraction of sp³-hybridized carbons (Fsp3) is 0.467. The summed E-state index contributed by atoms with van der Waals surface area (Å²) in [6.07, 6.45) is 7.77. The number of alkyl carbamates (subject to hydrolysis) is 1. The molecule has 1 N–H and O–H groups in total. The van der Waals surface area contributed by atoms with E-state index in [1.807, 2.05) is 6.92 Å². The standard InChI is InChI=1S/C15H18Cl3NO4/c1-11(3-2-7-20)4-5-13(12-6-8-22-9-12)19-14(21)23-10-15(16,17)18/h2-3,6-9,11,13H,4-5,10H2,1H3,(H,19,21)/b3-2+/t11-,13-/m0/s1. The van der Waals surface area contributed by atoms with E-state index in [0.29, 0.717) is 6.42 Å². The molecule has 1 heterocycles. The molecule has 0 radical (unpaired) electrons. The maximum atomic E-state index is 11.8. The average Bonchev–Trinajstić information content (AvgIpc) is 3.00. The third kappa shape index (κ3) is 8.89. The Hall–Kier alpha value is -1.17. The highest BCUT2D eigenvalue weighted by Crippen LogP contribution is 2.26. The molecule has 1 aromatic rings. The van der Waals surface area contributed by atoms with Crippen molar-refractivity contribution in [3.05, 3.63) is 36.3 Å². The van der Waals surface area contributed by atoms with Crippen molar-refractivity contribution >= 4 is 47.2 Å². The smallest absolute Gasteiger partial charge is 0.407 e. The summed E-state index contributed by atoms with van der Waals surface area (Å²) in [5.74, 6) is 0.189. The van der Waals surface area contributed by atoms with Gasteiger partial charge in [-0.25, -0.2) is 4.79 Å². The highest BCUT2D eigenvalue weighted by Gasteiger charge is 2.24. The number of halogens is 3. The van der Waals surface area contributed by atoms with Crippen LogP contribution in [0, 0.1) is 5.92 Å². The van der Waals surface area contributed by atoms with Crippen LogP contribution in [0.2, 0.25) is 0 Å². The Balaban J connectivity index is 2.58. The van der Waals surface area contributed by atoms with Crippen molar-refractivity contribution in [3.63, 3.8) is 0 Å². The summed E-state index contributed by atoms with van der Waals surface area (Å²) in [4.78, 5) is 22.1. The summed E-state index contributed by atoms with van der Waals surface area (Å²) >= 11 is 16.6. The van der Waals surface area contributed by atoms with E-state index in [9.17, 15) is 9.59 Å². The van der Waals surface area contributed by atoms with Crippen molar-refractivity contribution in [3.8, 4) is 0 Å². The molecule has 0 bridgehead atoms. The van der Waals surface area contributed by atoms with Gasteiger partial charge in [-0.05, 0) is 30.9 Å². The van der Waals surface area contributed by atoms with E-state index in [0.717, 1.165) is 18.3 Å². The van der Waals surface area contributed by atoms with Crippen LogP contribution >= 0.6 is 34.8 Å². The molecular weight excluding hydrogens is 365 g/mol. The van der Waals surface area contributed by atoms with Crippen molar-refractivity contribution in [1.29, 1.82) is 0 Å². The molecule has 2 atom stereocenters. The first-order chi connectivity index (χ1) is 10.8. The Morgan fingerprint density at radius 3 is 2.74 bits per heavy atom. The first-order valence-electron chi connectivity index (χ1n) is 6.96. The van der Waals surface area contributed by atoms with Gasteiger partial charge in [0.25, 0.3) is 0 Å². The fourth-order valence-electron chi connectivity index (χ4n) is 1.89. The number of hydrogen-bond acceptors (Lipinski definition) is 4. The molecule has 23 heavy (non-hydrogen) atoms. The maximum Gasteiger partial charge on any atom is 0.407 e. The fourth-order valence-corrected chi connectivity index (χ4v) is 2.05. The van der Waals surface area contributed by atoms with E-state index >= 15 is 0 Å². The topological polar surface area (TPSA) is 68.5 Å². The van der Waals surface area contributed by atoms with Gasteiger partial charge in [-0.2, -0.15) is 0 Å². The Morgan fingerprint density at radius 1 is 1.43 bits per heavy atom. The number of hydrogen-bond donors (Lipinski definition) is 1.